The standard InChI is InChI=1S/C32H38FN5O5S/c1-32(2,35-16-24(40)19-39)15-28(41)37-29-30(42)38(18-22-10-11-23(33)14-27(22)44-29)17-20-9-12-25(21-7-5-4-6-8-21)26(13-20)36-31(43)34-3/h4-14,24,29,35,39-40H,15-19H2,1-3H3,(H,37,41)(H2,34,36,43)/t24-,29+/m0/s1. The number of fused-ring (bicyclic) bond motifs is 1. The van der Waals surface area contributed by atoms with Crippen molar-refractivity contribution in [3.05, 3.63) is 83.7 Å². The quantitative estimate of drug-likeness (QED) is 0.192. The number of nitrogens with zero attached hydrogens (tertiary/aromatic N) is 1. The summed E-state index contributed by atoms with van der Waals surface area (Å²) in [6.45, 7) is 3.60. The Balaban J connectivity index is 1.59. The highest BCUT2D eigenvalue weighted by molar-refractivity contribution is 8.00. The van der Waals surface area contributed by atoms with Crippen molar-refractivity contribution in [3.63, 3.8) is 0 Å². The normalized spacial score (nSPS) is 15.6. The number of nitrogens with one attached hydrogen (secondary N) is 4. The minimum atomic E-state index is -1.02. The second kappa shape index (κ2) is 14.7. The lowest BCUT2D eigenvalue weighted by Crippen LogP contribution is -2.50. The predicted molar refractivity (Wildman–Crippen MR) is 168 cm³/mol. The topological polar surface area (TPSA) is 143 Å². The van der Waals surface area contributed by atoms with Crippen molar-refractivity contribution in [2.24, 2.45) is 0 Å². The van der Waals surface area contributed by atoms with Gasteiger partial charge in [0.25, 0.3) is 5.91 Å². The van der Waals surface area contributed by atoms with E-state index in [2.05, 4.69) is 21.3 Å². The van der Waals surface area contributed by atoms with Gasteiger partial charge in [-0.25, -0.2) is 9.18 Å². The number of rotatable bonds is 11. The van der Waals surface area contributed by atoms with Gasteiger partial charge in [0.15, 0.2) is 5.37 Å². The third-order valence-electron chi connectivity index (χ3n) is 7.11. The first-order valence-corrected chi connectivity index (χ1v) is 15.1. The molecule has 3 aromatic carbocycles. The summed E-state index contributed by atoms with van der Waals surface area (Å²) in [5.74, 6) is -1.21. The lowest BCUT2D eigenvalue weighted by Gasteiger charge is -2.29. The minimum Gasteiger partial charge on any atom is -0.394 e. The van der Waals surface area contributed by atoms with E-state index in [1.807, 2.05) is 48.5 Å². The largest absolute Gasteiger partial charge is 0.394 e. The molecule has 0 aliphatic carbocycles. The van der Waals surface area contributed by atoms with Gasteiger partial charge in [0.2, 0.25) is 5.91 Å². The van der Waals surface area contributed by atoms with Crippen LogP contribution in [0.25, 0.3) is 11.1 Å². The van der Waals surface area contributed by atoms with Crippen LogP contribution in [0.2, 0.25) is 0 Å². The fraction of sp³-hybridized carbons (Fsp3) is 0.344. The highest BCUT2D eigenvalue weighted by Gasteiger charge is 2.33. The summed E-state index contributed by atoms with van der Waals surface area (Å²) in [5, 5.41) is 29.0. The number of anilines is 1. The summed E-state index contributed by atoms with van der Waals surface area (Å²) >= 11 is 1.08. The number of benzene rings is 3. The van der Waals surface area contributed by atoms with Crippen molar-refractivity contribution in [1.82, 2.24) is 20.9 Å². The molecule has 0 fully saturated rings. The molecule has 0 saturated carbocycles. The summed E-state index contributed by atoms with van der Waals surface area (Å²) < 4.78 is 14.2. The predicted octanol–water partition coefficient (Wildman–Crippen LogP) is 3.43. The number of halogens is 1. The van der Waals surface area contributed by atoms with Crippen molar-refractivity contribution < 1.29 is 29.0 Å². The third kappa shape index (κ3) is 8.79. The summed E-state index contributed by atoms with van der Waals surface area (Å²) in [5.41, 5.74) is 3.04. The van der Waals surface area contributed by atoms with Gasteiger partial charge in [-0.05, 0) is 48.7 Å². The summed E-state index contributed by atoms with van der Waals surface area (Å²) in [7, 11) is 1.53. The van der Waals surface area contributed by atoms with E-state index in [9.17, 15) is 23.9 Å². The highest BCUT2D eigenvalue weighted by Crippen LogP contribution is 2.34. The molecule has 0 bridgehead atoms. The van der Waals surface area contributed by atoms with Gasteiger partial charge >= 0.3 is 6.03 Å². The van der Waals surface area contributed by atoms with Crippen LogP contribution in [0.15, 0.2) is 71.6 Å². The molecule has 0 saturated heterocycles. The summed E-state index contributed by atoms with van der Waals surface area (Å²) in [4.78, 5) is 41.4. The molecule has 44 heavy (non-hydrogen) atoms. The molecule has 6 N–H and O–H groups in total. The van der Waals surface area contributed by atoms with E-state index in [4.69, 9.17) is 5.11 Å². The number of aliphatic hydroxyl groups is 2. The number of aliphatic hydroxyl groups excluding tert-OH is 2. The first kappa shape index (κ1) is 32.9. The second-order valence-electron chi connectivity index (χ2n) is 11.2. The zero-order valence-electron chi connectivity index (χ0n) is 24.9. The molecule has 0 radical (unpaired) electrons. The van der Waals surface area contributed by atoms with Crippen molar-refractivity contribution in [2.45, 2.75) is 55.3 Å². The molecule has 0 unspecified atom stereocenters. The van der Waals surface area contributed by atoms with E-state index in [-0.39, 0.29) is 38.0 Å². The Morgan fingerprint density at radius 3 is 2.57 bits per heavy atom. The maximum absolute atomic E-state index is 14.2. The Hall–Kier alpha value is -3.97. The number of carbonyl (C=O) groups is 3. The zero-order valence-corrected chi connectivity index (χ0v) is 25.7. The van der Waals surface area contributed by atoms with Crippen LogP contribution in [-0.4, -0.2) is 70.2 Å². The molecular weight excluding hydrogens is 585 g/mol. The van der Waals surface area contributed by atoms with Crippen LogP contribution in [0, 0.1) is 5.82 Å². The Bertz CT molecular complexity index is 1490. The number of hydrogen-bond acceptors (Lipinski definition) is 7. The first-order chi connectivity index (χ1) is 21.0. The van der Waals surface area contributed by atoms with Crippen molar-refractivity contribution >= 4 is 35.3 Å². The average Bonchev–Trinajstić information content (AvgIpc) is 3.11. The van der Waals surface area contributed by atoms with Crippen LogP contribution in [0.1, 0.15) is 31.4 Å². The first-order valence-electron chi connectivity index (χ1n) is 14.2. The van der Waals surface area contributed by atoms with Gasteiger partial charge in [0.1, 0.15) is 5.82 Å². The summed E-state index contributed by atoms with van der Waals surface area (Å²) in [6.07, 6.45) is -0.980. The van der Waals surface area contributed by atoms with Gasteiger partial charge in [-0.2, -0.15) is 0 Å². The fourth-order valence-electron chi connectivity index (χ4n) is 4.81. The Kier molecular flexibility index (Phi) is 11.0. The van der Waals surface area contributed by atoms with Crippen LogP contribution in [0.5, 0.6) is 0 Å². The highest BCUT2D eigenvalue weighted by atomic mass is 32.2. The van der Waals surface area contributed by atoms with Crippen LogP contribution >= 0.6 is 11.8 Å². The van der Waals surface area contributed by atoms with Crippen LogP contribution in [-0.2, 0) is 22.7 Å². The van der Waals surface area contributed by atoms with E-state index in [0.717, 1.165) is 34.0 Å². The Morgan fingerprint density at radius 2 is 1.86 bits per heavy atom. The molecule has 12 heteroatoms. The Labute approximate surface area is 260 Å². The number of thioether (sulfide) groups is 1. The lowest BCUT2D eigenvalue weighted by atomic mass is 10.00. The average molecular weight is 624 g/mol. The molecule has 1 aliphatic heterocycles. The van der Waals surface area contributed by atoms with Crippen LogP contribution < -0.4 is 21.3 Å². The van der Waals surface area contributed by atoms with Gasteiger partial charge < -0.3 is 36.4 Å². The number of urea groups is 1. The Morgan fingerprint density at radius 1 is 1.11 bits per heavy atom. The molecule has 0 spiro atoms. The van der Waals surface area contributed by atoms with Gasteiger partial charge in [0.05, 0.1) is 18.4 Å². The molecule has 1 aliphatic rings. The molecule has 10 nitrogen and oxygen atoms in total. The monoisotopic (exact) mass is 623 g/mol. The maximum Gasteiger partial charge on any atom is 0.318 e. The molecule has 4 rings (SSSR count). The number of carbonyl (C=O) groups excluding carboxylic acids is 3. The zero-order chi connectivity index (χ0) is 31.9. The van der Waals surface area contributed by atoms with E-state index in [1.54, 1.807) is 24.8 Å². The van der Waals surface area contributed by atoms with E-state index >= 15 is 0 Å². The van der Waals surface area contributed by atoms with Gasteiger partial charge in [-0.3, -0.25) is 9.59 Å². The third-order valence-corrected chi connectivity index (χ3v) is 8.30. The molecule has 4 amide bonds. The number of amides is 4. The maximum atomic E-state index is 14.2. The van der Waals surface area contributed by atoms with Gasteiger partial charge in [-0.1, -0.05) is 60.3 Å². The molecule has 3 aromatic rings. The van der Waals surface area contributed by atoms with E-state index < -0.39 is 35.3 Å². The smallest absolute Gasteiger partial charge is 0.318 e. The molecular formula is C32H38FN5O5S. The van der Waals surface area contributed by atoms with Crippen LogP contribution in [0.4, 0.5) is 14.9 Å². The number of hydrogen-bond donors (Lipinski definition) is 6. The number of β-amino-alcohol motifs (C(OH)–C–C–N with tert-alkyl or cyclic N) is 1. The van der Waals surface area contributed by atoms with Crippen molar-refractivity contribution in [2.75, 3.05) is 25.5 Å². The minimum absolute atomic E-state index is 0.0129. The molecule has 2 atom stereocenters. The van der Waals surface area contributed by atoms with Gasteiger partial charge in [0, 0.05) is 49.1 Å². The summed E-state index contributed by atoms with van der Waals surface area (Å²) in [6, 6.07) is 19.1. The van der Waals surface area contributed by atoms with E-state index in [0.29, 0.717) is 10.6 Å². The molecule has 1 heterocycles. The van der Waals surface area contributed by atoms with Crippen LogP contribution in [0.3, 0.4) is 0 Å². The lowest BCUT2D eigenvalue weighted by molar-refractivity contribution is -0.135. The fourth-order valence-corrected chi connectivity index (χ4v) is 5.97. The van der Waals surface area contributed by atoms with Gasteiger partial charge in [-0.15, -0.1) is 0 Å². The van der Waals surface area contributed by atoms with E-state index in [1.165, 1.54) is 19.2 Å². The van der Waals surface area contributed by atoms with Crippen molar-refractivity contribution in [1.29, 1.82) is 0 Å². The molecule has 234 valence electrons. The SMILES string of the molecule is CNC(=O)Nc1cc(CN2Cc3ccc(F)cc3S[C@@H](NC(=O)CC(C)(C)NC[C@H](O)CO)C2=O)ccc1-c1ccccc1. The second-order valence-corrected chi connectivity index (χ2v) is 12.4. The molecule has 0 aromatic heterocycles. The van der Waals surface area contributed by atoms with Crippen molar-refractivity contribution in [3.8, 4) is 11.1 Å².